The van der Waals surface area contributed by atoms with Crippen molar-refractivity contribution in [3.8, 4) is 0 Å². The summed E-state index contributed by atoms with van der Waals surface area (Å²) in [7, 11) is 1.50. The van der Waals surface area contributed by atoms with Crippen LogP contribution in [-0.2, 0) is 33.4 Å². The Balaban J connectivity index is 1.98. The topological polar surface area (TPSA) is 136 Å². The number of aliphatic hydroxyl groups excluding tert-OH is 2. The van der Waals surface area contributed by atoms with Gasteiger partial charge in [-0.15, -0.1) is 0 Å². The lowest BCUT2D eigenvalue weighted by Crippen LogP contribution is -2.75. The summed E-state index contributed by atoms with van der Waals surface area (Å²) in [6.07, 6.45) is -3.54. The van der Waals surface area contributed by atoms with E-state index in [1.165, 1.54) is 21.0 Å². The van der Waals surface area contributed by atoms with Crippen LogP contribution in [0.2, 0.25) is 0 Å². The normalized spacial score (nSPS) is 46.9. The van der Waals surface area contributed by atoms with Gasteiger partial charge in [-0.2, -0.15) is 0 Å². The smallest absolute Gasteiger partial charge is 0.302 e. The van der Waals surface area contributed by atoms with Crippen LogP contribution < -0.4 is 0 Å². The van der Waals surface area contributed by atoms with Gasteiger partial charge in [-0.3, -0.25) is 19.2 Å². The molecule has 4 fully saturated rings. The fraction of sp³-hybridized carbons (Fsp3) is 0.840. The van der Waals surface area contributed by atoms with Gasteiger partial charge < -0.3 is 24.4 Å². The van der Waals surface area contributed by atoms with Gasteiger partial charge in [-0.25, -0.2) is 0 Å². The van der Waals surface area contributed by atoms with E-state index in [1.54, 1.807) is 20.8 Å². The molecule has 4 saturated carbocycles. The minimum Gasteiger partial charge on any atom is -0.462 e. The Kier molecular flexibility index (Phi) is 6.02. The Morgan fingerprint density at radius 3 is 2.21 bits per heavy atom. The molecule has 0 heterocycles. The van der Waals surface area contributed by atoms with Gasteiger partial charge in [0.15, 0.2) is 5.78 Å². The van der Waals surface area contributed by atoms with Gasteiger partial charge in [0.1, 0.15) is 24.1 Å². The molecule has 4 aliphatic carbocycles. The van der Waals surface area contributed by atoms with Crippen LogP contribution in [0.25, 0.3) is 0 Å². The summed E-state index contributed by atoms with van der Waals surface area (Å²) in [4.78, 5) is 52.2. The Bertz CT molecular complexity index is 912. The number of esters is 2. The number of rotatable bonds is 4. The molecule has 0 radical (unpaired) electrons. The van der Waals surface area contributed by atoms with Gasteiger partial charge in [-0.1, -0.05) is 20.8 Å². The number of methoxy groups -OCH3 is 1. The highest BCUT2D eigenvalue weighted by molar-refractivity contribution is 6.00. The number of fused-ring (bicyclic) bond motifs is 3. The van der Waals surface area contributed by atoms with Gasteiger partial charge in [0.2, 0.25) is 0 Å². The fourth-order valence-electron chi connectivity index (χ4n) is 8.40. The zero-order valence-electron chi connectivity index (χ0n) is 20.7. The number of Topliss-reactive ketones (excluding diaryl/α,β-unsaturated/α-hetero) is 2. The van der Waals surface area contributed by atoms with Crippen LogP contribution in [0.4, 0.5) is 0 Å². The predicted octanol–water partition coefficient (Wildman–Crippen LogP) is 1.06. The molecule has 2 bridgehead atoms. The number of ether oxygens (including phenoxy) is 3. The molecule has 0 aliphatic heterocycles. The quantitative estimate of drug-likeness (QED) is 0.566. The standard InChI is InChI=1S/C25H36O9/c1-11(26)33-15-7-13-9-25(21(30)14(13)10-32-6)19(15)24(5)17(34-12(2)27)8-16(28)23(3,4)20(24)18(29)22(25)31/h13-17,19-20,22,28,31H,7-10H2,1-6H3/t13-,14-,15+,16+,17+,19+,20-,22+,24+,25+/m1/s1. The zero-order chi connectivity index (χ0) is 25.4. The molecule has 1 spiro atoms. The van der Waals surface area contributed by atoms with E-state index in [0.717, 1.165) is 0 Å². The van der Waals surface area contributed by atoms with Crippen molar-refractivity contribution in [2.24, 2.45) is 39.9 Å². The van der Waals surface area contributed by atoms with Gasteiger partial charge in [0, 0.05) is 56.0 Å². The first kappa shape index (κ1) is 25.3. The van der Waals surface area contributed by atoms with Crippen LogP contribution in [0.1, 0.15) is 53.9 Å². The first-order valence-electron chi connectivity index (χ1n) is 12.0. The van der Waals surface area contributed by atoms with Crippen LogP contribution in [0.5, 0.6) is 0 Å². The van der Waals surface area contributed by atoms with E-state index < -0.39 is 76.1 Å². The Hall–Kier alpha value is -1.84. The van der Waals surface area contributed by atoms with E-state index in [0.29, 0.717) is 6.42 Å². The molecule has 190 valence electrons. The molecule has 0 aromatic carbocycles. The lowest BCUT2D eigenvalue weighted by molar-refractivity contribution is -0.261. The number of carbonyl (C=O) groups is 4. The molecule has 34 heavy (non-hydrogen) atoms. The third kappa shape index (κ3) is 3.15. The van der Waals surface area contributed by atoms with Crippen molar-refractivity contribution >= 4 is 23.5 Å². The molecule has 10 atom stereocenters. The van der Waals surface area contributed by atoms with E-state index in [9.17, 15) is 29.4 Å². The van der Waals surface area contributed by atoms with E-state index >= 15 is 0 Å². The summed E-state index contributed by atoms with van der Waals surface area (Å²) in [5.74, 6) is -4.35. The number of carbonyl (C=O) groups excluding carboxylic acids is 4. The molecular formula is C25H36O9. The number of hydrogen-bond acceptors (Lipinski definition) is 9. The van der Waals surface area contributed by atoms with Crippen LogP contribution in [0.15, 0.2) is 0 Å². The van der Waals surface area contributed by atoms with Crippen molar-refractivity contribution in [2.45, 2.75) is 78.3 Å². The highest BCUT2D eigenvalue weighted by Crippen LogP contribution is 2.71. The minimum atomic E-state index is -1.62. The van der Waals surface area contributed by atoms with E-state index in [2.05, 4.69) is 0 Å². The first-order valence-corrected chi connectivity index (χ1v) is 12.0. The van der Waals surface area contributed by atoms with Crippen LogP contribution in [0, 0.1) is 39.9 Å². The summed E-state index contributed by atoms with van der Waals surface area (Å²) >= 11 is 0. The number of ketones is 2. The molecule has 2 N–H and O–H groups in total. The van der Waals surface area contributed by atoms with E-state index in [4.69, 9.17) is 14.2 Å². The molecular weight excluding hydrogens is 444 g/mol. The molecule has 0 unspecified atom stereocenters. The monoisotopic (exact) mass is 480 g/mol. The van der Waals surface area contributed by atoms with Crippen molar-refractivity contribution < 1.29 is 43.6 Å². The van der Waals surface area contributed by atoms with E-state index in [1.807, 2.05) is 0 Å². The Morgan fingerprint density at radius 2 is 1.65 bits per heavy atom. The maximum Gasteiger partial charge on any atom is 0.302 e. The van der Waals surface area contributed by atoms with Gasteiger partial charge in [0.25, 0.3) is 0 Å². The maximum atomic E-state index is 14.0. The van der Waals surface area contributed by atoms with Crippen LogP contribution in [0.3, 0.4) is 0 Å². The molecule has 4 rings (SSSR count). The fourth-order valence-corrected chi connectivity index (χ4v) is 8.40. The van der Waals surface area contributed by atoms with E-state index in [-0.39, 0.29) is 31.1 Å². The second-order valence-corrected chi connectivity index (χ2v) is 11.6. The zero-order valence-corrected chi connectivity index (χ0v) is 20.7. The SMILES string of the molecule is COC[C@H]1C(=O)[C@]23C[C@H]1C[C@H](OC(C)=O)[C@H]2[C@]1(C)[C@@H](OC(C)=O)C[C@H](O)C(C)(C)[C@H]1C(=O)[C@@H]3O. The van der Waals surface area contributed by atoms with Crippen molar-refractivity contribution in [3.05, 3.63) is 0 Å². The first-order chi connectivity index (χ1) is 15.7. The highest BCUT2D eigenvalue weighted by atomic mass is 16.6. The summed E-state index contributed by atoms with van der Waals surface area (Å²) in [5, 5.41) is 22.5. The second-order valence-electron chi connectivity index (χ2n) is 11.6. The Morgan fingerprint density at radius 1 is 1.03 bits per heavy atom. The summed E-state index contributed by atoms with van der Waals surface area (Å²) in [6.45, 7) is 8.00. The third-order valence-electron chi connectivity index (χ3n) is 9.47. The highest BCUT2D eigenvalue weighted by Gasteiger charge is 2.79. The molecule has 0 saturated heterocycles. The van der Waals surface area contributed by atoms with Gasteiger partial charge >= 0.3 is 11.9 Å². The number of aliphatic hydroxyl groups is 2. The summed E-state index contributed by atoms with van der Waals surface area (Å²) in [6, 6.07) is 0. The largest absolute Gasteiger partial charge is 0.462 e. The average Bonchev–Trinajstić information content (AvgIpc) is 2.92. The molecule has 0 amide bonds. The maximum absolute atomic E-state index is 14.0. The predicted molar refractivity (Wildman–Crippen MR) is 117 cm³/mol. The van der Waals surface area contributed by atoms with Crippen LogP contribution >= 0.6 is 0 Å². The van der Waals surface area contributed by atoms with Crippen molar-refractivity contribution in [1.29, 1.82) is 0 Å². The summed E-state index contributed by atoms with van der Waals surface area (Å²) in [5.41, 5.74) is -3.62. The molecule has 9 heteroatoms. The molecule has 0 aromatic rings. The minimum absolute atomic E-state index is 0.0709. The number of hydrogen-bond donors (Lipinski definition) is 2. The second kappa shape index (κ2) is 8.10. The van der Waals surface area contributed by atoms with Crippen molar-refractivity contribution in [3.63, 3.8) is 0 Å². The molecule has 0 aromatic heterocycles. The third-order valence-corrected chi connectivity index (χ3v) is 9.47. The van der Waals surface area contributed by atoms with Crippen molar-refractivity contribution in [2.75, 3.05) is 13.7 Å². The van der Waals surface area contributed by atoms with Crippen molar-refractivity contribution in [1.82, 2.24) is 0 Å². The molecule has 9 nitrogen and oxygen atoms in total. The average molecular weight is 481 g/mol. The van der Waals surface area contributed by atoms with Crippen LogP contribution in [-0.4, -0.2) is 71.9 Å². The van der Waals surface area contributed by atoms with Gasteiger partial charge in [-0.05, 0) is 18.8 Å². The summed E-state index contributed by atoms with van der Waals surface area (Å²) < 4.78 is 16.8. The lowest BCUT2D eigenvalue weighted by Gasteiger charge is -2.66. The molecule has 4 aliphatic rings. The Labute approximate surface area is 199 Å². The van der Waals surface area contributed by atoms with Gasteiger partial charge in [0.05, 0.1) is 18.1 Å². The lowest BCUT2D eigenvalue weighted by atomic mass is 9.38.